The fourth-order valence-electron chi connectivity index (χ4n) is 1.54. The number of nitrogens with one attached hydrogen (secondary N) is 2. The molecule has 1 unspecified atom stereocenters. The van der Waals surface area contributed by atoms with Crippen molar-refractivity contribution in [2.24, 2.45) is 0 Å². The van der Waals surface area contributed by atoms with Gasteiger partial charge in [-0.2, -0.15) is 0 Å². The van der Waals surface area contributed by atoms with E-state index in [9.17, 15) is 0 Å². The Hall–Kier alpha value is -0.450. The fourth-order valence-corrected chi connectivity index (χ4v) is 2.27. The summed E-state index contributed by atoms with van der Waals surface area (Å²) < 4.78 is 0. The number of aromatic nitrogens is 1. The molecule has 2 rings (SSSR count). The predicted octanol–water partition coefficient (Wildman–Crippen LogP) is 0.903. The van der Waals surface area contributed by atoms with Crippen LogP contribution in [0.4, 0.5) is 0 Å². The molecular formula is C9H15N3S. The Balaban J connectivity index is 1.78. The lowest BCUT2D eigenvalue weighted by Crippen LogP contribution is -2.30. The maximum absolute atomic E-state index is 4.41. The molecule has 72 valence electrons. The molecule has 2 N–H and O–H groups in total. The van der Waals surface area contributed by atoms with Crippen LogP contribution in [0.3, 0.4) is 0 Å². The number of hydrogen-bond acceptors (Lipinski definition) is 4. The van der Waals surface area contributed by atoms with Gasteiger partial charge in [-0.1, -0.05) is 0 Å². The van der Waals surface area contributed by atoms with Crippen molar-refractivity contribution in [1.82, 2.24) is 15.6 Å². The van der Waals surface area contributed by atoms with Gasteiger partial charge in [0.1, 0.15) is 5.01 Å². The number of aryl methyl sites for hydroxylation is 1. The largest absolute Gasteiger partial charge is 0.315 e. The van der Waals surface area contributed by atoms with Crippen molar-refractivity contribution >= 4 is 11.3 Å². The Morgan fingerprint density at radius 1 is 1.77 bits per heavy atom. The molecular weight excluding hydrogens is 182 g/mol. The molecule has 0 bridgehead atoms. The smallest absolute Gasteiger partial charge is 0.107 e. The van der Waals surface area contributed by atoms with Crippen LogP contribution in [0, 0.1) is 6.92 Å². The van der Waals surface area contributed by atoms with Gasteiger partial charge in [-0.05, 0) is 19.9 Å². The minimum atomic E-state index is 0.643. The summed E-state index contributed by atoms with van der Waals surface area (Å²) in [5.41, 5.74) is 1.13. The Morgan fingerprint density at radius 2 is 2.69 bits per heavy atom. The molecule has 0 aliphatic carbocycles. The molecule has 0 amide bonds. The van der Waals surface area contributed by atoms with Crippen LogP contribution in [-0.4, -0.2) is 24.1 Å². The third-order valence-electron chi connectivity index (χ3n) is 2.27. The van der Waals surface area contributed by atoms with E-state index in [0.717, 1.165) is 25.3 Å². The predicted molar refractivity (Wildman–Crippen MR) is 55.0 cm³/mol. The van der Waals surface area contributed by atoms with E-state index in [-0.39, 0.29) is 0 Å². The van der Waals surface area contributed by atoms with Crippen molar-refractivity contribution in [2.75, 3.05) is 13.1 Å². The minimum absolute atomic E-state index is 0.643. The molecule has 0 radical (unpaired) electrons. The summed E-state index contributed by atoms with van der Waals surface area (Å²) in [6, 6.07) is 0.643. The van der Waals surface area contributed by atoms with Crippen LogP contribution in [-0.2, 0) is 6.54 Å². The Labute approximate surface area is 82.6 Å². The van der Waals surface area contributed by atoms with E-state index in [1.165, 1.54) is 11.4 Å². The Kier molecular flexibility index (Phi) is 2.93. The summed E-state index contributed by atoms with van der Waals surface area (Å²) in [6.45, 7) is 5.21. The van der Waals surface area contributed by atoms with E-state index >= 15 is 0 Å². The molecule has 1 saturated heterocycles. The summed E-state index contributed by atoms with van der Waals surface area (Å²) >= 11 is 1.74. The molecule has 3 nitrogen and oxygen atoms in total. The molecule has 2 heterocycles. The lowest BCUT2D eigenvalue weighted by atomic mass is 10.3. The van der Waals surface area contributed by atoms with Gasteiger partial charge in [0.25, 0.3) is 0 Å². The average Bonchev–Trinajstić information content (AvgIpc) is 2.71. The van der Waals surface area contributed by atoms with Gasteiger partial charge < -0.3 is 10.6 Å². The van der Waals surface area contributed by atoms with Crippen molar-refractivity contribution in [3.8, 4) is 0 Å². The molecule has 13 heavy (non-hydrogen) atoms. The van der Waals surface area contributed by atoms with Crippen molar-refractivity contribution in [3.63, 3.8) is 0 Å². The van der Waals surface area contributed by atoms with Crippen molar-refractivity contribution in [3.05, 3.63) is 16.1 Å². The quantitative estimate of drug-likeness (QED) is 0.756. The van der Waals surface area contributed by atoms with Crippen LogP contribution in [0.1, 0.15) is 17.1 Å². The van der Waals surface area contributed by atoms with Crippen LogP contribution >= 0.6 is 11.3 Å². The third kappa shape index (κ3) is 2.49. The number of rotatable bonds is 3. The summed E-state index contributed by atoms with van der Waals surface area (Å²) in [5, 5.41) is 10.1. The second kappa shape index (κ2) is 4.17. The number of nitrogens with zero attached hydrogens (tertiary/aromatic N) is 1. The van der Waals surface area contributed by atoms with E-state index < -0.39 is 0 Å². The van der Waals surface area contributed by atoms with Gasteiger partial charge in [0, 0.05) is 30.2 Å². The molecule has 1 fully saturated rings. The fraction of sp³-hybridized carbons (Fsp3) is 0.667. The standard InChI is InChI=1S/C9H15N3S/c1-7-6-13-9(12-7)5-11-8-2-3-10-4-8/h6,8,10-11H,2-5H2,1H3. The zero-order chi connectivity index (χ0) is 9.10. The van der Waals surface area contributed by atoms with Crippen molar-refractivity contribution in [1.29, 1.82) is 0 Å². The van der Waals surface area contributed by atoms with Crippen LogP contribution in [0.5, 0.6) is 0 Å². The molecule has 1 aromatic rings. The number of thiazole rings is 1. The lowest BCUT2D eigenvalue weighted by molar-refractivity contribution is 0.546. The normalized spacial score (nSPS) is 22.4. The monoisotopic (exact) mass is 197 g/mol. The highest BCUT2D eigenvalue weighted by Crippen LogP contribution is 2.08. The first-order chi connectivity index (χ1) is 6.34. The van der Waals surface area contributed by atoms with Gasteiger partial charge in [-0.15, -0.1) is 11.3 Å². The third-order valence-corrected chi connectivity index (χ3v) is 3.24. The van der Waals surface area contributed by atoms with Gasteiger partial charge in [0.15, 0.2) is 0 Å². The van der Waals surface area contributed by atoms with E-state index in [1.54, 1.807) is 11.3 Å². The average molecular weight is 197 g/mol. The van der Waals surface area contributed by atoms with Crippen LogP contribution in [0.2, 0.25) is 0 Å². The topological polar surface area (TPSA) is 37.0 Å². The maximum Gasteiger partial charge on any atom is 0.107 e. The van der Waals surface area contributed by atoms with Gasteiger partial charge in [-0.25, -0.2) is 4.98 Å². The second-order valence-corrected chi connectivity index (χ2v) is 4.40. The Morgan fingerprint density at radius 3 is 3.31 bits per heavy atom. The van der Waals surface area contributed by atoms with Crippen LogP contribution in [0.25, 0.3) is 0 Å². The molecule has 1 atom stereocenters. The van der Waals surface area contributed by atoms with Crippen molar-refractivity contribution < 1.29 is 0 Å². The molecule has 4 heteroatoms. The van der Waals surface area contributed by atoms with E-state index in [0.29, 0.717) is 6.04 Å². The van der Waals surface area contributed by atoms with E-state index in [2.05, 4.69) is 21.0 Å². The highest BCUT2D eigenvalue weighted by Gasteiger charge is 2.13. The molecule has 0 saturated carbocycles. The van der Waals surface area contributed by atoms with Gasteiger partial charge in [-0.3, -0.25) is 0 Å². The highest BCUT2D eigenvalue weighted by molar-refractivity contribution is 7.09. The minimum Gasteiger partial charge on any atom is -0.315 e. The van der Waals surface area contributed by atoms with Gasteiger partial charge in [0.05, 0.1) is 0 Å². The highest BCUT2D eigenvalue weighted by atomic mass is 32.1. The maximum atomic E-state index is 4.41. The summed E-state index contributed by atoms with van der Waals surface area (Å²) in [6.07, 6.45) is 1.24. The summed E-state index contributed by atoms with van der Waals surface area (Å²) in [7, 11) is 0. The molecule has 0 spiro atoms. The summed E-state index contributed by atoms with van der Waals surface area (Å²) in [5.74, 6) is 0. The van der Waals surface area contributed by atoms with Crippen LogP contribution < -0.4 is 10.6 Å². The lowest BCUT2D eigenvalue weighted by Gasteiger charge is -2.08. The zero-order valence-corrected chi connectivity index (χ0v) is 8.66. The zero-order valence-electron chi connectivity index (χ0n) is 7.84. The summed E-state index contributed by atoms with van der Waals surface area (Å²) in [4.78, 5) is 4.41. The van der Waals surface area contributed by atoms with E-state index in [1.807, 2.05) is 6.92 Å². The van der Waals surface area contributed by atoms with Gasteiger partial charge >= 0.3 is 0 Å². The molecule has 1 aromatic heterocycles. The number of hydrogen-bond donors (Lipinski definition) is 2. The van der Waals surface area contributed by atoms with Crippen molar-refractivity contribution in [2.45, 2.75) is 25.9 Å². The molecule has 1 aliphatic heterocycles. The first-order valence-electron chi connectivity index (χ1n) is 4.70. The first kappa shape index (κ1) is 9.12. The van der Waals surface area contributed by atoms with Gasteiger partial charge in [0.2, 0.25) is 0 Å². The van der Waals surface area contributed by atoms with E-state index in [4.69, 9.17) is 0 Å². The molecule has 0 aromatic carbocycles. The molecule has 1 aliphatic rings. The first-order valence-corrected chi connectivity index (χ1v) is 5.57. The second-order valence-electron chi connectivity index (χ2n) is 3.45. The Bertz CT molecular complexity index is 266. The van der Waals surface area contributed by atoms with Crippen LogP contribution in [0.15, 0.2) is 5.38 Å². The SMILES string of the molecule is Cc1csc(CNC2CCNC2)n1.